The van der Waals surface area contributed by atoms with E-state index in [1.54, 1.807) is 25.4 Å². The second-order valence-electron chi connectivity index (χ2n) is 8.86. The van der Waals surface area contributed by atoms with E-state index in [4.69, 9.17) is 14.2 Å². The molecule has 1 N–H and O–H groups in total. The number of likely N-dealkylation sites (tertiary alicyclic amines) is 1. The van der Waals surface area contributed by atoms with Crippen LogP contribution in [0.5, 0.6) is 23.0 Å². The highest BCUT2D eigenvalue weighted by Gasteiger charge is 2.22. The van der Waals surface area contributed by atoms with Gasteiger partial charge in [0.05, 0.1) is 12.6 Å². The molecule has 7 heteroatoms. The summed E-state index contributed by atoms with van der Waals surface area (Å²) < 4.78 is 17.9. The number of methoxy groups -OCH3 is 1. The molecule has 1 amide bonds. The zero-order valence-electron chi connectivity index (χ0n) is 20.4. The van der Waals surface area contributed by atoms with E-state index in [0.717, 1.165) is 23.9 Å². The number of carbonyl (C=O) groups is 1. The maximum Gasteiger partial charge on any atom is 0.255 e. The Balaban J connectivity index is 1.31. The Morgan fingerprint density at radius 2 is 1.83 bits per heavy atom. The summed E-state index contributed by atoms with van der Waals surface area (Å²) in [6.07, 6.45) is 4.05. The summed E-state index contributed by atoms with van der Waals surface area (Å²) in [5, 5.41) is 3.72. The number of rotatable bonds is 8. The third-order valence-corrected chi connectivity index (χ3v) is 6.47. The van der Waals surface area contributed by atoms with Gasteiger partial charge in [0.15, 0.2) is 11.5 Å². The molecule has 0 spiro atoms. The fourth-order valence-electron chi connectivity index (χ4n) is 4.39. The third kappa shape index (κ3) is 5.26. The number of ether oxygens (including phenoxy) is 3. The van der Waals surface area contributed by atoms with Gasteiger partial charge < -0.3 is 24.4 Å². The Morgan fingerprint density at radius 3 is 2.56 bits per heavy atom. The van der Waals surface area contributed by atoms with Crippen LogP contribution in [-0.4, -0.2) is 49.1 Å². The number of pyridine rings is 1. The van der Waals surface area contributed by atoms with Crippen molar-refractivity contribution in [2.45, 2.75) is 18.9 Å². The summed E-state index contributed by atoms with van der Waals surface area (Å²) in [7, 11) is 3.77. The second-order valence-corrected chi connectivity index (χ2v) is 8.86. The molecule has 1 atom stereocenters. The molecule has 2 heterocycles. The number of amides is 1. The number of carbonyl (C=O) groups excluding carboxylic acids is 1. The first kappa shape index (κ1) is 23.6. The van der Waals surface area contributed by atoms with Crippen LogP contribution >= 0.6 is 0 Å². The lowest BCUT2D eigenvalue weighted by Crippen LogP contribution is -2.30. The van der Waals surface area contributed by atoms with Gasteiger partial charge in [0.2, 0.25) is 0 Å². The number of hydrogen-bond acceptors (Lipinski definition) is 6. The molecule has 1 aromatic heterocycles. The Kier molecular flexibility index (Phi) is 7.00. The molecular weight excluding hydrogens is 454 g/mol. The monoisotopic (exact) mass is 483 g/mol. The molecule has 0 radical (unpaired) electrons. The van der Waals surface area contributed by atoms with Crippen molar-refractivity contribution in [2.24, 2.45) is 0 Å². The van der Waals surface area contributed by atoms with Gasteiger partial charge in [-0.2, -0.15) is 0 Å². The average molecular weight is 484 g/mol. The van der Waals surface area contributed by atoms with Crippen LogP contribution in [0.1, 0.15) is 23.2 Å². The number of anilines is 1. The van der Waals surface area contributed by atoms with E-state index in [9.17, 15) is 4.79 Å². The normalized spacial score (nSPS) is 15.6. The van der Waals surface area contributed by atoms with Gasteiger partial charge in [-0.3, -0.25) is 9.78 Å². The van der Waals surface area contributed by atoms with Gasteiger partial charge in [0.1, 0.15) is 18.1 Å². The largest absolute Gasteiger partial charge is 0.493 e. The lowest BCUT2D eigenvalue weighted by molar-refractivity contribution is 0.102. The molecule has 4 aromatic rings. The molecule has 1 aliphatic rings. The highest BCUT2D eigenvalue weighted by atomic mass is 16.5. The third-order valence-electron chi connectivity index (χ3n) is 6.47. The van der Waals surface area contributed by atoms with Crippen LogP contribution < -0.4 is 19.5 Å². The van der Waals surface area contributed by atoms with E-state index in [-0.39, 0.29) is 5.91 Å². The molecule has 36 heavy (non-hydrogen) atoms. The van der Waals surface area contributed by atoms with Crippen LogP contribution in [0.15, 0.2) is 79.0 Å². The molecule has 5 rings (SSSR count). The number of nitrogens with one attached hydrogen (secondary N) is 1. The van der Waals surface area contributed by atoms with Crippen molar-refractivity contribution in [3.8, 4) is 23.0 Å². The predicted octanol–water partition coefficient (Wildman–Crippen LogP) is 5.76. The Hall–Kier alpha value is -4.10. The number of likely N-dealkylation sites (N-methyl/N-ethyl adjacent to an activating group) is 1. The molecule has 184 valence electrons. The Morgan fingerprint density at radius 1 is 1.03 bits per heavy atom. The van der Waals surface area contributed by atoms with Crippen molar-refractivity contribution >= 4 is 22.5 Å². The smallest absolute Gasteiger partial charge is 0.255 e. The minimum atomic E-state index is -0.158. The predicted molar refractivity (Wildman–Crippen MR) is 140 cm³/mol. The summed E-state index contributed by atoms with van der Waals surface area (Å²) in [6, 6.07) is 22.4. The van der Waals surface area contributed by atoms with Gasteiger partial charge in [-0.25, -0.2) is 0 Å². The van der Waals surface area contributed by atoms with Crippen LogP contribution in [0.4, 0.5) is 5.69 Å². The van der Waals surface area contributed by atoms with E-state index >= 15 is 0 Å². The first-order valence-corrected chi connectivity index (χ1v) is 12.0. The minimum absolute atomic E-state index is 0.158. The van der Waals surface area contributed by atoms with Crippen molar-refractivity contribution in [2.75, 3.05) is 32.6 Å². The summed E-state index contributed by atoms with van der Waals surface area (Å²) in [5.74, 6) is 2.45. The number of fused-ring (bicyclic) bond motifs is 1. The van der Waals surface area contributed by atoms with Gasteiger partial charge in [-0.05, 0) is 75.0 Å². The van der Waals surface area contributed by atoms with Gasteiger partial charge >= 0.3 is 0 Å². The average Bonchev–Trinajstić information content (AvgIpc) is 3.33. The quantitative estimate of drug-likeness (QED) is 0.343. The molecule has 0 saturated carbocycles. The lowest BCUT2D eigenvalue weighted by Gasteiger charge is -2.21. The highest BCUT2D eigenvalue weighted by Crippen LogP contribution is 2.37. The maximum absolute atomic E-state index is 12.4. The molecular formula is C29H29N3O4. The van der Waals surface area contributed by atoms with E-state index in [1.807, 2.05) is 60.7 Å². The number of benzene rings is 3. The molecule has 1 fully saturated rings. The molecule has 3 aromatic carbocycles. The van der Waals surface area contributed by atoms with Crippen molar-refractivity contribution < 1.29 is 19.0 Å². The number of aromatic nitrogens is 1. The lowest BCUT2D eigenvalue weighted by atomic mass is 10.1. The summed E-state index contributed by atoms with van der Waals surface area (Å²) in [5.41, 5.74) is 2.05. The first-order valence-electron chi connectivity index (χ1n) is 12.0. The zero-order valence-corrected chi connectivity index (χ0v) is 20.4. The first-order chi connectivity index (χ1) is 17.6. The number of nitrogens with zero attached hydrogens (tertiary/aromatic N) is 2. The molecule has 0 unspecified atom stereocenters. The van der Waals surface area contributed by atoms with Gasteiger partial charge in [-0.1, -0.05) is 18.2 Å². The van der Waals surface area contributed by atoms with Gasteiger partial charge in [-0.15, -0.1) is 0 Å². The standard InChI is InChI=1S/C29H29N3O4/c1-32-16-6-9-22(32)19-35-28-18-25-24(17-27(28)34-2)26(14-15-30-25)36-23-12-10-21(11-13-23)31-29(33)20-7-4-3-5-8-20/h3-5,7-8,10-15,17-18,22H,6,9,16,19H2,1-2H3,(H,31,33)/t22-/m0/s1. The molecule has 0 aliphatic carbocycles. The van der Waals surface area contributed by atoms with Crippen LogP contribution in [0.25, 0.3) is 10.9 Å². The van der Waals surface area contributed by atoms with Crippen molar-refractivity contribution in [1.82, 2.24) is 9.88 Å². The Bertz CT molecular complexity index is 1340. The fourth-order valence-corrected chi connectivity index (χ4v) is 4.39. The minimum Gasteiger partial charge on any atom is -0.493 e. The number of hydrogen-bond donors (Lipinski definition) is 1. The van der Waals surface area contributed by atoms with Crippen molar-refractivity contribution in [1.29, 1.82) is 0 Å². The zero-order chi connectivity index (χ0) is 24.9. The second kappa shape index (κ2) is 10.7. The molecule has 1 aliphatic heterocycles. The topological polar surface area (TPSA) is 72.9 Å². The summed E-state index contributed by atoms with van der Waals surface area (Å²) >= 11 is 0. The SMILES string of the molecule is COc1cc2c(Oc3ccc(NC(=O)c4ccccc4)cc3)ccnc2cc1OC[C@@H]1CCCN1C. The van der Waals surface area contributed by atoms with E-state index in [1.165, 1.54) is 6.42 Å². The van der Waals surface area contributed by atoms with Crippen LogP contribution in [0, 0.1) is 0 Å². The molecule has 7 nitrogen and oxygen atoms in total. The van der Waals surface area contributed by atoms with E-state index in [0.29, 0.717) is 46.9 Å². The van der Waals surface area contributed by atoms with Crippen molar-refractivity contribution in [3.05, 3.63) is 84.6 Å². The van der Waals surface area contributed by atoms with Crippen LogP contribution in [0.2, 0.25) is 0 Å². The summed E-state index contributed by atoms with van der Waals surface area (Å²) in [6.45, 7) is 1.72. The van der Waals surface area contributed by atoms with Crippen molar-refractivity contribution in [3.63, 3.8) is 0 Å². The van der Waals surface area contributed by atoms with Gasteiger partial charge in [0, 0.05) is 34.9 Å². The molecule has 0 bridgehead atoms. The fraction of sp³-hybridized carbons (Fsp3) is 0.241. The van der Waals surface area contributed by atoms with Crippen LogP contribution in [0.3, 0.4) is 0 Å². The van der Waals surface area contributed by atoms with Gasteiger partial charge in [0.25, 0.3) is 5.91 Å². The van der Waals surface area contributed by atoms with E-state index in [2.05, 4.69) is 22.2 Å². The van der Waals surface area contributed by atoms with Crippen LogP contribution in [-0.2, 0) is 0 Å². The molecule has 1 saturated heterocycles. The van der Waals surface area contributed by atoms with E-state index < -0.39 is 0 Å². The maximum atomic E-state index is 12.4. The Labute approximate surface area is 210 Å². The summed E-state index contributed by atoms with van der Waals surface area (Å²) in [4.78, 5) is 19.2. The highest BCUT2D eigenvalue weighted by molar-refractivity contribution is 6.04.